The Kier molecular flexibility index (Phi) is 4.61. The van der Waals surface area contributed by atoms with Gasteiger partial charge in [0.25, 0.3) is 0 Å². The van der Waals surface area contributed by atoms with Crippen LogP contribution in [0, 0.1) is 0 Å². The molecule has 1 aliphatic carbocycles. The van der Waals surface area contributed by atoms with Crippen LogP contribution in [0.5, 0.6) is 5.75 Å². The first-order chi connectivity index (χ1) is 10.3. The summed E-state index contributed by atoms with van der Waals surface area (Å²) in [6.07, 6.45) is 2.26. The van der Waals surface area contributed by atoms with Crippen molar-refractivity contribution in [1.82, 2.24) is 5.32 Å². The highest BCUT2D eigenvalue weighted by Crippen LogP contribution is 2.37. The molecule has 0 spiro atoms. The van der Waals surface area contributed by atoms with Gasteiger partial charge in [-0.1, -0.05) is 53.2 Å². The topological polar surface area (TPSA) is 21.3 Å². The lowest BCUT2D eigenvalue weighted by Gasteiger charge is -2.14. The first kappa shape index (κ1) is 14.6. The van der Waals surface area contributed by atoms with Gasteiger partial charge in [0.15, 0.2) is 0 Å². The van der Waals surface area contributed by atoms with E-state index in [1.54, 1.807) is 0 Å². The normalized spacial score (nSPS) is 16.8. The van der Waals surface area contributed by atoms with Crippen molar-refractivity contribution in [2.45, 2.75) is 32.4 Å². The molecule has 1 atom stereocenters. The first-order valence-corrected chi connectivity index (χ1v) is 8.30. The number of fused-ring (bicyclic) bond motifs is 1. The predicted molar refractivity (Wildman–Crippen MR) is 89.7 cm³/mol. The Morgan fingerprint density at radius 2 is 2.05 bits per heavy atom. The number of benzene rings is 2. The van der Waals surface area contributed by atoms with E-state index < -0.39 is 0 Å². The van der Waals surface area contributed by atoms with Crippen molar-refractivity contribution in [2.24, 2.45) is 0 Å². The van der Waals surface area contributed by atoms with Crippen molar-refractivity contribution in [3.05, 3.63) is 63.6 Å². The van der Waals surface area contributed by atoms with Gasteiger partial charge in [-0.05, 0) is 42.6 Å². The molecule has 0 radical (unpaired) electrons. The van der Waals surface area contributed by atoms with E-state index in [4.69, 9.17) is 4.74 Å². The number of ether oxygens (including phenoxy) is 1. The maximum Gasteiger partial charge on any atom is 0.123 e. The zero-order valence-electron chi connectivity index (χ0n) is 12.2. The minimum absolute atomic E-state index is 0.483. The summed E-state index contributed by atoms with van der Waals surface area (Å²) < 4.78 is 7.18. The second-order valence-corrected chi connectivity index (χ2v) is 6.21. The zero-order chi connectivity index (χ0) is 14.7. The quantitative estimate of drug-likeness (QED) is 0.853. The van der Waals surface area contributed by atoms with Gasteiger partial charge in [-0.15, -0.1) is 0 Å². The molecule has 1 aliphatic rings. The summed E-state index contributed by atoms with van der Waals surface area (Å²) in [7, 11) is 0. The molecule has 0 aromatic heterocycles. The van der Waals surface area contributed by atoms with Gasteiger partial charge in [0.2, 0.25) is 0 Å². The number of nitrogens with one attached hydrogen (secondary N) is 1. The van der Waals surface area contributed by atoms with Crippen LogP contribution >= 0.6 is 15.9 Å². The van der Waals surface area contributed by atoms with Crippen LogP contribution in [-0.2, 0) is 13.0 Å². The summed E-state index contributed by atoms with van der Waals surface area (Å²) in [4.78, 5) is 0. The Labute approximate surface area is 134 Å². The summed E-state index contributed by atoms with van der Waals surface area (Å²) in [6, 6.07) is 15.1. The van der Waals surface area contributed by atoms with Crippen LogP contribution in [0.3, 0.4) is 0 Å². The highest BCUT2D eigenvalue weighted by Gasteiger charge is 2.24. The fourth-order valence-electron chi connectivity index (χ4n) is 2.99. The summed E-state index contributed by atoms with van der Waals surface area (Å²) in [5.41, 5.74) is 3.95. The van der Waals surface area contributed by atoms with Crippen LogP contribution in [0.1, 0.15) is 36.1 Å². The van der Waals surface area contributed by atoms with Crippen LogP contribution < -0.4 is 10.1 Å². The van der Waals surface area contributed by atoms with E-state index in [-0.39, 0.29) is 0 Å². The van der Waals surface area contributed by atoms with E-state index in [0.29, 0.717) is 12.6 Å². The lowest BCUT2D eigenvalue weighted by Crippen LogP contribution is -2.18. The molecule has 2 aromatic carbocycles. The average Bonchev–Trinajstić information content (AvgIpc) is 2.91. The highest BCUT2D eigenvalue weighted by molar-refractivity contribution is 9.10. The molecule has 0 saturated heterocycles. The van der Waals surface area contributed by atoms with Crippen LogP contribution in [0.25, 0.3) is 0 Å². The van der Waals surface area contributed by atoms with Crippen LogP contribution in [-0.4, -0.2) is 6.54 Å². The standard InChI is InChI=1S/C18H20BrNO/c1-2-20-17-11-10-15-14(17)7-5-9-18(15)21-12-13-6-3-4-8-16(13)19/h3-9,17,20H,2,10-12H2,1H3. The third kappa shape index (κ3) is 3.14. The number of hydrogen-bond acceptors (Lipinski definition) is 2. The largest absolute Gasteiger partial charge is 0.489 e. The van der Waals surface area contributed by atoms with Crippen LogP contribution in [0.2, 0.25) is 0 Å². The molecule has 0 amide bonds. The highest BCUT2D eigenvalue weighted by atomic mass is 79.9. The molecular formula is C18H20BrNO. The minimum Gasteiger partial charge on any atom is -0.489 e. The van der Waals surface area contributed by atoms with Crippen molar-refractivity contribution in [3.63, 3.8) is 0 Å². The monoisotopic (exact) mass is 345 g/mol. The second-order valence-electron chi connectivity index (χ2n) is 5.35. The lowest BCUT2D eigenvalue weighted by molar-refractivity contribution is 0.302. The zero-order valence-corrected chi connectivity index (χ0v) is 13.8. The van der Waals surface area contributed by atoms with Crippen LogP contribution in [0.4, 0.5) is 0 Å². The molecule has 0 aliphatic heterocycles. The molecule has 21 heavy (non-hydrogen) atoms. The molecular weight excluding hydrogens is 326 g/mol. The molecule has 2 aromatic rings. The van der Waals surface area contributed by atoms with Gasteiger partial charge in [0, 0.05) is 16.1 Å². The molecule has 0 heterocycles. The molecule has 3 heteroatoms. The number of halogens is 1. The van der Waals surface area contributed by atoms with Gasteiger partial charge in [-0.2, -0.15) is 0 Å². The van der Waals surface area contributed by atoms with E-state index in [1.807, 2.05) is 12.1 Å². The van der Waals surface area contributed by atoms with Crippen molar-refractivity contribution < 1.29 is 4.74 Å². The fraction of sp³-hybridized carbons (Fsp3) is 0.333. The van der Waals surface area contributed by atoms with Gasteiger partial charge in [0.05, 0.1) is 0 Å². The van der Waals surface area contributed by atoms with Gasteiger partial charge in [-0.3, -0.25) is 0 Å². The minimum atomic E-state index is 0.483. The molecule has 110 valence electrons. The van der Waals surface area contributed by atoms with E-state index in [9.17, 15) is 0 Å². The van der Waals surface area contributed by atoms with Gasteiger partial charge in [0.1, 0.15) is 12.4 Å². The first-order valence-electron chi connectivity index (χ1n) is 7.51. The second kappa shape index (κ2) is 6.63. The Bertz CT molecular complexity index is 626. The molecule has 0 saturated carbocycles. The Hall–Kier alpha value is -1.32. The van der Waals surface area contributed by atoms with Crippen molar-refractivity contribution in [3.8, 4) is 5.75 Å². The maximum atomic E-state index is 6.08. The fourth-order valence-corrected chi connectivity index (χ4v) is 3.38. The summed E-state index contributed by atoms with van der Waals surface area (Å²) in [5.74, 6) is 1.03. The van der Waals surface area contributed by atoms with Crippen molar-refractivity contribution >= 4 is 15.9 Å². The summed E-state index contributed by atoms with van der Waals surface area (Å²) in [5, 5.41) is 3.55. The Morgan fingerprint density at radius 3 is 2.86 bits per heavy atom. The SMILES string of the molecule is CCNC1CCc2c(OCc3ccccc3Br)cccc21. The Balaban J connectivity index is 1.77. The summed E-state index contributed by atoms with van der Waals surface area (Å²) >= 11 is 3.57. The van der Waals surface area contributed by atoms with E-state index >= 15 is 0 Å². The van der Waals surface area contributed by atoms with Gasteiger partial charge >= 0.3 is 0 Å². The number of rotatable bonds is 5. The Morgan fingerprint density at radius 1 is 1.19 bits per heavy atom. The van der Waals surface area contributed by atoms with Gasteiger partial charge in [-0.25, -0.2) is 0 Å². The van der Waals surface area contributed by atoms with E-state index in [2.05, 4.69) is 58.5 Å². The van der Waals surface area contributed by atoms with Crippen molar-refractivity contribution in [1.29, 1.82) is 0 Å². The molecule has 1 N–H and O–H groups in total. The third-order valence-corrected chi connectivity index (χ3v) is 4.79. The molecule has 0 fully saturated rings. The third-order valence-electron chi connectivity index (χ3n) is 4.02. The van der Waals surface area contributed by atoms with E-state index in [1.165, 1.54) is 23.1 Å². The molecule has 0 bridgehead atoms. The maximum absolute atomic E-state index is 6.08. The van der Waals surface area contributed by atoms with Gasteiger partial charge < -0.3 is 10.1 Å². The van der Waals surface area contributed by atoms with Crippen molar-refractivity contribution in [2.75, 3.05) is 6.54 Å². The predicted octanol–water partition coefficient (Wildman–Crippen LogP) is 4.62. The molecule has 2 nitrogen and oxygen atoms in total. The summed E-state index contributed by atoms with van der Waals surface area (Å²) in [6.45, 7) is 3.77. The number of hydrogen-bond donors (Lipinski definition) is 1. The lowest BCUT2D eigenvalue weighted by atomic mass is 10.1. The smallest absolute Gasteiger partial charge is 0.123 e. The van der Waals surface area contributed by atoms with E-state index in [0.717, 1.165) is 23.2 Å². The molecule has 3 rings (SSSR count). The average molecular weight is 346 g/mol. The molecule has 1 unspecified atom stereocenters. The van der Waals surface area contributed by atoms with Crippen LogP contribution in [0.15, 0.2) is 46.9 Å².